The maximum absolute atomic E-state index is 13.9. The fourth-order valence-corrected chi connectivity index (χ4v) is 6.69. The van der Waals surface area contributed by atoms with Gasteiger partial charge in [-0.15, -0.1) is 0 Å². The van der Waals surface area contributed by atoms with E-state index in [2.05, 4.69) is 20.9 Å². The highest BCUT2D eigenvalue weighted by atomic mass is 16.2. The van der Waals surface area contributed by atoms with Gasteiger partial charge in [-0.25, -0.2) is 0 Å². The van der Waals surface area contributed by atoms with Gasteiger partial charge in [-0.1, -0.05) is 48.5 Å². The van der Waals surface area contributed by atoms with Crippen LogP contribution in [0.15, 0.2) is 60.7 Å². The third-order valence-electron chi connectivity index (χ3n) is 9.39. The molecule has 0 bridgehead atoms. The summed E-state index contributed by atoms with van der Waals surface area (Å²) in [6.07, 6.45) is 4.66. The Morgan fingerprint density at radius 1 is 0.929 bits per heavy atom. The Hall–Kier alpha value is -4.27. The molecule has 1 saturated heterocycles. The summed E-state index contributed by atoms with van der Waals surface area (Å²) in [7, 11) is 0. The molecule has 218 valence electrons. The van der Waals surface area contributed by atoms with Gasteiger partial charge in [0.2, 0.25) is 17.6 Å². The monoisotopic (exact) mass is 568 g/mol. The molecular formula is C33H36N4O5. The molecule has 0 radical (unpaired) electrons. The number of carbonyl (C=O) groups is 5. The molecule has 42 heavy (non-hydrogen) atoms. The van der Waals surface area contributed by atoms with Crippen LogP contribution in [-0.4, -0.2) is 46.9 Å². The Kier molecular flexibility index (Phi) is 7.66. The first kappa shape index (κ1) is 27.9. The summed E-state index contributed by atoms with van der Waals surface area (Å²) in [4.78, 5) is 69.7. The summed E-state index contributed by atoms with van der Waals surface area (Å²) >= 11 is 0. The van der Waals surface area contributed by atoms with E-state index in [0.717, 1.165) is 35.7 Å². The number of aromatic amines is 1. The van der Waals surface area contributed by atoms with E-state index in [-0.39, 0.29) is 30.1 Å². The highest BCUT2D eigenvalue weighted by molar-refractivity contribution is 6.38. The van der Waals surface area contributed by atoms with E-state index in [0.29, 0.717) is 31.5 Å². The second-order valence-electron chi connectivity index (χ2n) is 12.2. The third-order valence-corrected chi connectivity index (χ3v) is 9.39. The molecule has 2 aliphatic carbocycles. The van der Waals surface area contributed by atoms with Crippen LogP contribution in [0.25, 0.3) is 10.9 Å². The lowest BCUT2D eigenvalue weighted by Crippen LogP contribution is -2.52. The van der Waals surface area contributed by atoms with E-state index < -0.39 is 41.4 Å². The van der Waals surface area contributed by atoms with E-state index >= 15 is 0 Å². The molecule has 3 aromatic rings. The minimum atomic E-state index is -1.16. The molecule has 2 saturated carbocycles. The molecule has 4 N–H and O–H groups in total. The molecule has 3 aliphatic rings. The van der Waals surface area contributed by atoms with Crippen molar-refractivity contribution in [3.05, 3.63) is 71.9 Å². The first-order valence-electron chi connectivity index (χ1n) is 14.9. The Morgan fingerprint density at radius 2 is 1.69 bits per heavy atom. The predicted octanol–water partition coefficient (Wildman–Crippen LogP) is 3.44. The Balaban J connectivity index is 1.21. The number of fused-ring (bicyclic) bond motifs is 1. The van der Waals surface area contributed by atoms with Crippen LogP contribution in [0.3, 0.4) is 0 Å². The van der Waals surface area contributed by atoms with Crippen LogP contribution < -0.4 is 16.0 Å². The van der Waals surface area contributed by atoms with Gasteiger partial charge in [0.1, 0.15) is 0 Å². The summed E-state index contributed by atoms with van der Waals surface area (Å²) < 4.78 is 0. The lowest BCUT2D eigenvalue weighted by Gasteiger charge is -2.35. The average molecular weight is 569 g/mol. The van der Waals surface area contributed by atoms with Crippen molar-refractivity contribution in [2.45, 2.75) is 57.5 Å². The number of carbonyl (C=O) groups excluding carboxylic acids is 5. The number of benzene rings is 2. The van der Waals surface area contributed by atoms with E-state index in [1.165, 1.54) is 0 Å². The van der Waals surface area contributed by atoms with Crippen LogP contribution in [-0.2, 0) is 25.7 Å². The number of H-pyrrole nitrogens is 1. The van der Waals surface area contributed by atoms with Crippen LogP contribution >= 0.6 is 0 Å². The standard InChI is InChI=1S/C33H36N4O5/c38-28(26-16-21-8-4-5-9-25(21)36-26)23-10-12-33(13-14-33)18-24(23)31(41)37-27(17-22-11-15-34-30(22)40)29(39)32(42)35-19-20-6-2-1-3-7-20/h1-9,16,22-24,27,36H,10-15,17-19H2,(H,34,40)(H,35,42)(H,37,41). The van der Waals surface area contributed by atoms with Gasteiger partial charge in [0.25, 0.3) is 5.91 Å². The zero-order valence-electron chi connectivity index (χ0n) is 23.5. The van der Waals surface area contributed by atoms with Crippen LogP contribution in [0.5, 0.6) is 0 Å². The molecule has 1 spiro atoms. The lowest BCUT2D eigenvalue weighted by atomic mass is 9.69. The molecule has 6 rings (SSSR count). The van der Waals surface area contributed by atoms with Crippen LogP contribution in [0.1, 0.15) is 61.0 Å². The summed E-state index contributed by atoms with van der Waals surface area (Å²) in [5.74, 6) is -3.94. The fraction of sp³-hybridized carbons (Fsp3) is 0.424. The number of rotatable bonds is 10. The lowest BCUT2D eigenvalue weighted by molar-refractivity contribution is -0.141. The van der Waals surface area contributed by atoms with Gasteiger partial charge < -0.3 is 20.9 Å². The summed E-state index contributed by atoms with van der Waals surface area (Å²) in [5, 5.41) is 9.20. The summed E-state index contributed by atoms with van der Waals surface area (Å²) in [6.45, 7) is 0.660. The van der Waals surface area contributed by atoms with Gasteiger partial charge in [-0.05, 0) is 68.1 Å². The molecule has 3 amide bonds. The number of nitrogens with one attached hydrogen (secondary N) is 4. The van der Waals surface area contributed by atoms with E-state index in [1.807, 2.05) is 60.7 Å². The number of ketones is 2. The number of hydrogen-bond donors (Lipinski definition) is 4. The van der Waals surface area contributed by atoms with Crippen molar-refractivity contribution < 1.29 is 24.0 Å². The Morgan fingerprint density at radius 3 is 2.40 bits per heavy atom. The second-order valence-corrected chi connectivity index (χ2v) is 12.2. The number of Topliss-reactive ketones (excluding diaryl/α,β-unsaturated/α-hetero) is 2. The molecule has 2 aromatic carbocycles. The van der Waals surface area contributed by atoms with Crippen molar-refractivity contribution in [2.75, 3.05) is 6.54 Å². The van der Waals surface area contributed by atoms with E-state index in [9.17, 15) is 24.0 Å². The molecule has 9 nitrogen and oxygen atoms in total. The van der Waals surface area contributed by atoms with Crippen molar-refractivity contribution in [3.8, 4) is 0 Å². The number of para-hydroxylation sites is 1. The van der Waals surface area contributed by atoms with Crippen molar-refractivity contribution in [3.63, 3.8) is 0 Å². The largest absolute Gasteiger partial charge is 0.356 e. The van der Waals surface area contributed by atoms with Crippen molar-refractivity contribution >= 4 is 40.2 Å². The van der Waals surface area contributed by atoms with E-state index in [1.54, 1.807) is 0 Å². The van der Waals surface area contributed by atoms with Gasteiger partial charge in [0.15, 0.2) is 5.78 Å². The molecule has 1 aliphatic heterocycles. The Bertz CT molecular complexity index is 1490. The minimum Gasteiger partial charge on any atom is -0.356 e. The SMILES string of the molecule is O=C(NCc1ccccc1)C(=O)C(CC1CCNC1=O)NC(=O)C1CC2(CCC1C(=O)c1cc3ccccc3[nH]1)CC2. The summed E-state index contributed by atoms with van der Waals surface area (Å²) in [6, 6.07) is 17.6. The molecule has 4 atom stereocenters. The van der Waals surface area contributed by atoms with Gasteiger partial charge in [-0.2, -0.15) is 0 Å². The molecular weight excluding hydrogens is 532 g/mol. The van der Waals surface area contributed by atoms with Crippen molar-refractivity contribution in [1.82, 2.24) is 20.9 Å². The molecule has 1 aromatic heterocycles. The van der Waals surface area contributed by atoms with Crippen molar-refractivity contribution in [2.24, 2.45) is 23.2 Å². The van der Waals surface area contributed by atoms with Gasteiger partial charge in [0, 0.05) is 41.7 Å². The minimum absolute atomic E-state index is 0.0354. The number of aromatic nitrogens is 1. The van der Waals surface area contributed by atoms with Crippen molar-refractivity contribution in [1.29, 1.82) is 0 Å². The Labute approximate surface area is 244 Å². The smallest absolute Gasteiger partial charge is 0.289 e. The van der Waals surface area contributed by atoms with E-state index in [4.69, 9.17) is 0 Å². The molecule has 3 fully saturated rings. The molecule has 9 heteroatoms. The first-order valence-corrected chi connectivity index (χ1v) is 14.9. The van der Waals surface area contributed by atoms with Gasteiger partial charge in [-0.3, -0.25) is 24.0 Å². The predicted molar refractivity (Wildman–Crippen MR) is 156 cm³/mol. The first-order chi connectivity index (χ1) is 20.3. The third kappa shape index (κ3) is 5.86. The van der Waals surface area contributed by atoms with Crippen LogP contribution in [0.4, 0.5) is 0 Å². The normalized spacial score (nSPS) is 23.2. The molecule has 2 heterocycles. The average Bonchev–Trinajstić information content (AvgIpc) is 3.41. The topological polar surface area (TPSA) is 137 Å². The maximum Gasteiger partial charge on any atom is 0.289 e. The number of hydrogen-bond acceptors (Lipinski definition) is 5. The summed E-state index contributed by atoms with van der Waals surface area (Å²) in [5.41, 5.74) is 2.24. The zero-order valence-corrected chi connectivity index (χ0v) is 23.5. The maximum atomic E-state index is 13.9. The fourth-order valence-electron chi connectivity index (χ4n) is 6.69. The molecule has 4 unspecified atom stereocenters. The van der Waals surface area contributed by atoms with Gasteiger partial charge in [0.05, 0.1) is 11.7 Å². The van der Waals surface area contributed by atoms with Crippen LogP contribution in [0, 0.1) is 23.2 Å². The number of amides is 3. The quantitative estimate of drug-likeness (QED) is 0.219. The van der Waals surface area contributed by atoms with Gasteiger partial charge >= 0.3 is 0 Å². The highest BCUT2D eigenvalue weighted by Crippen LogP contribution is 2.59. The second kappa shape index (κ2) is 11.5. The highest BCUT2D eigenvalue weighted by Gasteiger charge is 2.52. The van der Waals surface area contributed by atoms with Crippen LogP contribution in [0.2, 0.25) is 0 Å². The zero-order chi connectivity index (χ0) is 29.3.